The molecule has 0 nitrogen and oxygen atoms in total. The number of unbranched alkanes of at least 4 members (excludes halogenated alkanes) is 26. The van der Waals surface area contributed by atoms with Crippen molar-refractivity contribution in [3.63, 3.8) is 0 Å². The lowest BCUT2D eigenvalue weighted by molar-refractivity contribution is 0.538. The third-order valence-corrected chi connectivity index (χ3v) is 11.4. The van der Waals surface area contributed by atoms with Gasteiger partial charge in [0.25, 0.3) is 0 Å². The molecule has 0 amide bonds. The SMILES string of the molecule is [CH2]CCc1c(SCCCCCCCCCCCCCCCC)cccc1SCCCCCCCCCCCCCCCC. The van der Waals surface area contributed by atoms with Crippen LogP contribution in [0, 0.1) is 6.92 Å². The van der Waals surface area contributed by atoms with E-state index in [1.54, 1.807) is 5.56 Å². The number of hydrogen-bond acceptors (Lipinski definition) is 2. The van der Waals surface area contributed by atoms with Crippen molar-refractivity contribution < 1.29 is 0 Å². The van der Waals surface area contributed by atoms with Gasteiger partial charge in [0.2, 0.25) is 0 Å². The van der Waals surface area contributed by atoms with E-state index in [1.165, 1.54) is 201 Å². The van der Waals surface area contributed by atoms with Crippen LogP contribution >= 0.6 is 23.5 Å². The van der Waals surface area contributed by atoms with Crippen molar-refractivity contribution in [2.45, 2.75) is 216 Å². The molecule has 251 valence electrons. The summed E-state index contributed by atoms with van der Waals surface area (Å²) in [4.78, 5) is 3.06. The fourth-order valence-electron chi connectivity index (χ4n) is 6.20. The molecule has 1 aromatic rings. The molecule has 0 fully saturated rings. The van der Waals surface area contributed by atoms with Crippen LogP contribution in [0.1, 0.15) is 206 Å². The van der Waals surface area contributed by atoms with Crippen LogP contribution in [0.4, 0.5) is 0 Å². The van der Waals surface area contributed by atoms with Gasteiger partial charge in [-0.2, -0.15) is 0 Å². The van der Waals surface area contributed by atoms with Crippen LogP contribution in [-0.2, 0) is 6.42 Å². The minimum absolute atomic E-state index is 1.00. The lowest BCUT2D eigenvalue weighted by atomic mass is 10.0. The smallest absolute Gasteiger partial charge is 0.0115 e. The van der Waals surface area contributed by atoms with E-state index in [4.69, 9.17) is 0 Å². The van der Waals surface area contributed by atoms with Crippen LogP contribution in [0.25, 0.3) is 0 Å². The molecule has 0 N–H and O–H groups in total. The van der Waals surface area contributed by atoms with Gasteiger partial charge >= 0.3 is 0 Å². The van der Waals surface area contributed by atoms with E-state index in [1.807, 2.05) is 0 Å². The first-order chi connectivity index (χ1) is 21.3. The third kappa shape index (κ3) is 25.8. The molecule has 0 spiro atoms. The predicted octanol–water partition coefficient (Wildman–Crippen LogP) is 15.6. The molecule has 2 heteroatoms. The second kappa shape index (κ2) is 33.3. The molecule has 0 aliphatic carbocycles. The molecular formula is C41H75S2. The molecule has 0 saturated heterocycles. The topological polar surface area (TPSA) is 0 Å². The van der Waals surface area contributed by atoms with Crippen molar-refractivity contribution >= 4 is 23.5 Å². The van der Waals surface area contributed by atoms with Gasteiger partial charge in [-0.1, -0.05) is 194 Å². The van der Waals surface area contributed by atoms with Crippen LogP contribution in [-0.4, -0.2) is 11.5 Å². The van der Waals surface area contributed by atoms with E-state index in [2.05, 4.69) is 62.5 Å². The fourth-order valence-corrected chi connectivity index (χ4v) is 8.52. The Balaban J connectivity index is 2.05. The molecule has 0 bridgehead atoms. The molecule has 0 heterocycles. The lowest BCUT2D eigenvalue weighted by Crippen LogP contribution is -1.94. The lowest BCUT2D eigenvalue weighted by Gasteiger charge is -2.14. The monoisotopic (exact) mass is 632 g/mol. The van der Waals surface area contributed by atoms with Crippen molar-refractivity contribution in [3.05, 3.63) is 30.7 Å². The van der Waals surface area contributed by atoms with Crippen LogP contribution in [0.3, 0.4) is 0 Å². The molecule has 0 aromatic heterocycles. The van der Waals surface area contributed by atoms with Gasteiger partial charge in [-0.15, -0.1) is 23.5 Å². The highest BCUT2D eigenvalue weighted by atomic mass is 32.2. The van der Waals surface area contributed by atoms with Crippen molar-refractivity contribution in [2.24, 2.45) is 0 Å². The van der Waals surface area contributed by atoms with Gasteiger partial charge in [-0.3, -0.25) is 0 Å². The Morgan fingerprint density at radius 2 is 0.698 bits per heavy atom. The summed E-state index contributed by atoms with van der Waals surface area (Å²) in [5.74, 6) is 2.55. The van der Waals surface area contributed by atoms with Crippen molar-refractivity contribution in [3.8, 4) is 0 Å². The maximum absolute atomic E-state index is 4.20. The number of hydrogen-bond donors (Lipinski definition) is 0. The Labute approximate surface area is 280 Å². The first kappa shape index (κ1) is 40.9. The molecule has 1 rings (SSSR count). The minimum Gasteiger partial charge on any atom is -0.126 e. The first-order valence-corrected chi connectivity index (χ1v) is 21.5. The highest BCUT2D eigenvalue weighted by molar-refractivity contribution is 8.00. The maximum atomic E-state index is 4.20. The van der Waals surface area contributed by atoms with Gasteiger partial charge in [0.15, 0.2) is 0 Å². The highest BCUT2D eigenvalue weighted by Crippen LogP contribution is 2.33. The number of thioether (sulfide) groups is 2. The summed E-state index contributed by atoms with van der Waals surface area (Å²) in [7, 11) is 0. The van der Waals surface area contributed by atoms with Crippen molar-refractivity contribution in [1.29, 1.82) is 0 Å². The maximum Gasteiger partial charge on any atom is 0.0115 e. The first-order valence-electron chi connectivity index (χ1n) is 19.5. The van der Waals surface area contributed by atoms with Crippen molar-refractivity contribution in [2.75, 3.05) is 11.5 Å². The van der Waals surface area contributed by atoms with E-state index in [0.29, 0.717) is 0 Å². The Morgan fingerprint density at radius 3 is 0.977 bits per heavy atom. The van der Waals surface area contributed by atoms with Gasteiger partial charge in [0.1, 0.15) is 0 Å². The molecule has 1 aromatic carbocycles. The molecule has 0 aliphatic rings. The van der Waals surface area contributed by atoms with Gasteiger partial charge in [-0.05, 0) is 54.9 Å². The average Bonchev–Trinajstić information content (AvgIpc) is 3.02. The van der Waals surface area contributed by atoms with E-state index >= 15 is 0 Å². The Morgan fingerprint density at radius 1 is 0.419 bits per heavy atom. The van der Waals surface area contributed by atoms with E-state index in [0.717, 1.165) is 12.8 Å². The van der Waals surface area contributed by atoms with Gasteiger partial charge < -0.3 is 0 Å². The number of benzene rings is 1. The van der Waals surface area contributed by atoms with Crippen molar-refractivity contribution in [1.82, 2.24) is 0 Å². The molecule has 1 radical (unpaired) electrons. The molecule has 0 unspecified atom stereocenters. The molecule has 43 heavy (non-hydrogen) atoms. The highest BCUT2D eigenvalue weighted by Gasteiger charge is 2.09. The Hall–Kier alpha value is -0.0800. The zero-order valence-corrected chi connectivity index (χ0v) is 31.0. The summed E-state index contributed by atoms with van der Waals surface area (Å²) < 4.78 is 0. The molecule has 0 aliphatic heterocycles. The van der Waals surface area contributed by atoms with Crippen LogP contribution in [0.5, 0.6) is 0 Å². The standard InChI is InChI=1S/C41H75S2/c1-4-7-9-11-13-15-17-19-21-23-25-27-29-31-37-42-40-35-33-36-41(39(40)34-6-3)43-38-32-30-28-26-24-22-20-18-16-14-12-10-8-5-2/h33,35-36H,3-32,34,37-38H2,1-2H3. The predicted molar refractivity (Wildman–Crippen MR) is 202 cm³/mol. The third-order valence-electron chi connectivity index (χ3n) is 9.03. The second-order valence-electron chi connectivity index (χ2n) is 13.2. The quantitative estimate of drug-likeness (QED) is 0.0548. The van der Waals surface area contributed by atoms with Crippen LogP contribution in [0.15, 0.2) is 28.0 Å². The summed E-state index contributed by atoms with van der Waals surface area (Å²) in [6.07, 6.45) is 42.4. The van der Waals surface area contributed by atoms with Gasteiger partial charge in [0, 0.05) is 9.79 Å². The van der Waals surface area contributed by atoms with E-state index < -0.39 is 0 Å². The average molecular weight is 632 g/mol. The summed E-state index contributed by atoms with van der Waals surface area (Å²) in [6.45, 7) is 8.81. The summed E-state index contributed by atoms with van der Waals surface area (Å²) in [6, 6.07) is 7.04. The Bertz CT molecular complexity index is 632. The largest absolute Gasteiger partial charge is 0.126 e. The minimum atomic E-state index is 1.00. The molecule has 0 saturated carbocycles. The zero-order chi connectivity index (χ0) is 30.9. The van der Waals surface area contributed by atoms with Gasteiger partial charge in [-0.25, -0.2) is 0 Å². The summed E-state index contributed by atoms with van der Waals surface area (Å²) >= 11 is 4.22. The summed E-state index contributed by atoms with van der Waals surface area (Å²) in [5, 5.41) is 0. The fraction of sp³-hybridized carbons (Fsp3) is 0.829. The Kier molecular flexibility index (Phi) is 31.7. The van der Waals surface area contributed by atoms with E-state index in [-0.39, 0.29) is 0 Å². The second-order valence-corrected chi connectivity index (χ2v) is 15.5. The zero-order valence-electron chi connectivity index (χ0n) is 29.4. The normalized spacial score (nSPS) is 11.5. The number of rotatable bonds is 34. The van der Waals surface area contributed by atoms with Gasteiger partial charge in [0.05, 0.1) is 0 Å². The summed E-state index contributed by atoms with van der Waals surface area (Å²) in [5.41, 5.74) is 1.59. The molecule has 0 atom stereocenters. The molecular weight excluding hydrogens is 557 g/mol. The van der Waals surface area contributed by atoms with Crippen LogP contribution in [0.2, 0.25) is 0 Å². The van der Waals surface area contributed by atoms with E-state index in [9.17, 15) is 0 Å². The van der Waals surface area contributed by atoms with Crippen LogP contribution < -0.4 is 0 Å².